The summed E-state index contributed by atoms with van der Waals surface area (Å²) in [5.41, 5.74) is 0. The quantitative estimate of drug-likeness (QED) is 0.797. The summed E-state index contributed by atoms with van der Waals surface area (Å²) in [6, 6.07) is 0.623. The number of hydrogen-bond donors (Lipinski definition) is 1. The second kappa shape index (κ2) is 4.69. The van der Waals surface area contributed by atoms with E-state index in [9.17, 15) is 0 Å². The second-order valence-electron chi connectivity index (χ2n) is 3.19. The lowest BCUT2D eigenvalue weighted by Gasteiger charge is -2.22. The van der Waals surface area contributed by atoms with Crippen LogP contribution in [0.15, 0.2) is 11.6 Å². The molecule has 0 aromatic carbocycles. The molecule has 1 saturated heterocycles. The van der Waals surface area contributed by atoms with Crippen molar-refractivity contribution < 1.29 is 4.74 Å². The summed E-state index contributed by atoms with van der Waals surface area (Å²) in [4.78, 5) is 4.23. The van der Waals surface area contributed by atoms with Crippen LogP contribution in [0.2, 0.25) is 0 Å². The first-order valence-electron chi connectivity index (χ1n) is 4.64. The Hall–Kier alpha value is -0.450. The maximum atomic E-state index is 5.28. The fourth-order valence-corrected chi connectivity index (χ4v) is 2.04. The van der Waals surface area contributed by atoms with Crippen LogP contribution in [-0.4, -0.2) is 24.2 Å². The summed E-state index contributed by atoms with van der Waals surface area (Å²) < 4.78 is 5.28. The standard InChI is InChI=1S/C9H14N2OS/c1-4-12-5-2-8(1)11-7-9-10-3-6-13-9/h3,6,8,11H,1-2,4-5,7H2. The molecule has 1 aromatic heterocycles. The van der Waals surface area contributed by atoms with Crippen LogP contribution in [0, 0.1) is 0 Å². The van der Waals surface area contributed by atoms with Gasteiger partial charge in [-0.1, -0.05) is 0 Å². The first kappa shape index (κ1) is 9.12. The zero-order valence-corrected chi connectivity index (χ0v) is 8.35. The Morgan fingerprint density at radius 3 is 3.08 bits per heavy atom. The first-order chi connectivity index (χ1) is 6.45. The van der Waals surface area contributed by atoms with E-state index in [4.69, 9.17) is 4.74 Å². The molecule has 0 spiro atoms. The fraction of sp³-hybridized carbons (Fsp3) is 0.667. The van der Waals surface area contributed by atoms with Gasteiger partial charge in [0.1, 0.15) is 5.01 Å². The van der Waals surface area contributed by atoms with Gasteiger partial charge in [0.2, 0.25) is 0 Å². The van der Waals surface area contributed by atoms with Crippen LogP contribution in [0.25, 0.3) is 0 Å². The van der Waals surface area contributed by atoms with Crippen LogP contribution in [0.3, 0.4) is 0 Å². The monoisotopic (exact) mass is 198 g/mol. The van der Waals surface area contributed by atoms with Crippen LogP contribution < -0.4 is 5.32 Å². The van der Waals surface area contributed by atoms with Gasteiger partial charge >= 0.3 is 0 Å². The molecule has 0 atom stereocenters. The number of ether oxygens (including phenoxy) is 1. The molecule has 1 aliphatic rings. The Morgan fingerprint density at radius 2 is 2.38 bits per heavy atom. The van der Waals surface area contributed by atoms with Gasteiger partial charge in [0.05, 0.1) is 0 Å². The molecule has 0 saturated carbocycles. The zero-order valence-electron chi connectivity index (χ0n) is 7.53. The van der Waals surface area contributed by atoms with E-state index >= 15 is 0 Å². The number of rotatable bonds is 3. The van der Waals surface area contributed by atoms with Gasteiger partial charge in [-0.25, -0.2) is 4.98 Å². The molecule has 2 rings (SSSR count). The highest BCUT2D eigenvalue weighted by atomic mass is 32.1. The van der Waals surface area contributed by atoms with Crippen LogP contribution in [0.1, 0.15) is 17.8 Å². The summed E-state index contributed by atoms with van der Waals surface area (Å²) >= 11 is 1.71. The van der Waals surface area contributed by atoms with Gasteiger partial charge in [0.25, 0.3) is 0 Å². The topological polar surface area (TPSA) is 34.1 Å². The summed E-state index contributed by atoms with van der Waals surface area (Å²) in [6.07, 6.45) is 4.11. The molecule has 1 N–H and O–H groups in total. The molecule has 4 heteroatoms. The van der Waals surface area contributed by atoms with Gasteiger partial charge in [0.15, 0.2) is 0 Å². The molecule has 1 aliphatic heterocycles. The summed E-state index contributed by atoms with van der Waals surface area (Å²) in [7, 11) is 0. The third-order valence-corrected chi connectivity index (χ3v) is 3.03. The van der Waals surface area contributed by atoms with Crippen molar-refractivity contribution in [1.82, 2.24) is 10.3 Å². The lowest BCUT2D eigenvalue weighted by atomic mass is 10.1. The van der Waals surface area contributed by atoms with Crippen molar-refractivity contribution in [3.05, 3.63) is 16.6 Å². The van der Waals surface area contributed by atoms with Gasteiger partial charge in [0, 0.05) is 37.4 Å². The van der Waals surface area contributed by atoms with Crippen LogP contribution in [-0.2, 0) is 11.3 Å². The molecule has 72 valence electrons. The maximum Gasteiger partial charge on any atom is 0.106 e. The van der Waals surface area contributed by atoms with Gasteiger partial charge in [-0.3, -0.25) is 0 Å². The average Bonchev–Trinajstić information content (AvgIpc) is 2.69. The molecule has 2 heterocycles. The second-order valence-corrected chi connectivity index (χ2v) is 4.17. The predicted octanol–water partition coefficient (Wildman–Crippen LogP) is 1.41. The maximum absolute atomic E-state index is 5.28. The third kappa shape index (κ3) is 2.76. The number of nitrogens with one attached hydrogen (secondary N) is 1. The molecule has 1 fully saturated rings. The molecular formula is C9H14N2OS. The van der Waals surface area contributed by atoms with Crippen molar-refractivity contribution in [1.29, 1.82) is 0 Å². The highest BCUT2D eigenvalue weighted by molar-refractivity contribution is 7.09. The molecule has 0 unspecified atom stereocenters. The molecule has 1 aromatic rings. The number of thiazole rings is 1. The molecule has 0 radical (unpaired) electrons. The van der Waals surface area contributed by atoms with Crippen molar-refractivity contribution >= 4 is 11.3 Å². The van der Waals surface area contributed by atoms with E-state index in [1.165, 1.54) is 5.01 Å². The largest absolute Gasteiger partial charge is 0.381 e. The van der Waals surface area contributed by atoms with Crippen molar-refractivity contribution in [2.75, 3.05) is 13.2 Å². The SMILES string of the molecule is c1csc(CNC2CCOCC2)n1. The van der Waals surface area contributed by atoms with Crippen molar-refractivity contribution in [2.24, 2.45) is 0 Å². The molecule has 0 aliphatic carbocycles. The fourth-order valence-electron chi connectivity index (χ4n) is 1.47. The van der Waals surface area contributed by atoms with Crippen LogP contribution in [0.4, 0.5) is 0 Å². The molecule has 0 amide bonds. The van der Waals surface area contributed by atoms with E-state index in [1.54, 1.807) is 11.3 Å². The highest BCUT2D eigenvalue weighted by Gasteiger charge is 2.12. The molecule has 13 heavy (non-hydrogen) atoms. The lowest BCUT2D eigenvalue weighted by molar-refractivity contribution is 0.0776. The van der Waals surface area contributed by atoms with E-state index in [0.717, 1.165) is 32.6 Å². The third-order valence-electron chi connectivity index (χ3n) is 2.25. The minimum absolute atomic E-state index is 0.623. The van der Waals surface area contributed by atoms with E-state index in [2.05, 4.69) is 10.3 Å². The average molecular weight is 198 g/mol. The minimum atomic E-state index is 0.623. The van der Waals surface area contributed by atoms with Crippen molar-refractivity contribution in [3.8, 4) is 0 Å². The van der Waals surface area contributed by atoms with E-state index in [1.807, 2.05) is 11.6 Å². The Morgan fingerprint density at radius 1 is 1.54 bits per heavy atom. The van der Waals surface area contributed by atoms with Crippen LogP contribution in [0.5, 0.6) is 0 Å². The number of hydrogen-bond acceptors (Lipinski definition) is 4. The smallest absolute Gasteiger partial charge is 0.106 e. The molecule has 3 nitrogen and oxygen atoms in total. The van der Waals surface area contributed by atoms with Gasteiger partial charge in [-0.15, -0.1) is 11.3 Å². The Bertz CT molecular complexity index is 232. The predicted molar refractivity (Wildman–Crippen MR) is 52.8 cm³/mol. The highest BCUT2D eigenvalue weighted by Crippen LogP contribution is 2.08. The number of nitrogens with zero attached hydrogens (tertiary/aromatic N) is 1. The van der Waals surface area contributed by atoms with Gasteiger partial charge in [-0.2, -0.15) is 0 Å². The summed E-state index contributed by atoms with van der Waals surface area (Å²) in [5, 5.41) is 6.68. The first-order valence-corrected chi connectivity index (χ1v) is 5.52. The zero-order chi connectivity index (χ0) is 8.93. The summed E-state index contributed by atoms with van der Waals surface area (Å²) in [6.45, 7) is 2.70. The van der Waals surface area contributed by atoms with Crippen LogP contribution >= 0.6 is 11.3 Å². The van der Waals surface area contributed by atoms with E-state index in [0.29, 0.717) is 6.04 Å². The van der Waals surface area contributed by atoms with E-state index in [-0.39, 0.29) is 0 Å². The Labute approximate surface area is 82.1 Å². The lowest BCUT2D eigenvalue weighted by Crippen LogP contribution is -2.34. The van der Waals surface area contributed by atoms with Crippen molar-refractivity contribution in [3.63, 3.8) is 0 Å². The Kier molecular flexibility index (Phi) is 3.29. The van der Waals surface area contributed by atoms with Crippen molar-refractivity contribution in [2.45, 2.75) is 25.4 Å². The summed E-state index contributed by atoms with van der Waals surface area (Å²) in [5.74, 6) is 0. The number of aromatic nitrogens is 1. The Balaban J connectivity index is 1.72. The molecular weight excluding hydrogens is 184 g/mol. The molecule has 0 bridgehead atoms. The van der Waals surface area contributed by atoms with Gasteiger partial charge in [-0.05, 0) is 12.8 Å². The normalized spacial score (nSPS) is 19.1. The van der Waals surface area contributed by atoms with E-state index < -0.39 is 0 Å². The minimum Gasteiger partial charge on any atom is -0.381 e. The van der Waals surface area contributed by atoms with Gasteiger partial charge < -0.3 is 10.1 Å².